The molecular formula is C23H42N2O6. The van der Waals surface area contributed by atoms with Crippen LogP contribution in [0, 0.1) is 5.92 Å². The second-order valence-electron chi connectivity index (χ2n) is 9.84. The van der Waals surface area contributed by atoms with Gasteiger partial charge >= 0.3 is 12.1 Å². The molecule has 0 bridgehead atoms. The molecule has 0 saturated carbocycles. The number of carbonyl (C=O) groups excluding carboxylic acids is 3. The van der Waals surface area contributed by atoms with Gasteiger partial charge in [0.1, 0.15) is 17.2 Å². The first-order chi connectivity index (χ1) is 14.0. The van der Waals surface area contributed by atoms with Gasteiger partial charge in [0.25, 0.3) is 0 Å². The minimum atomic E-state index is -0.727. The van der Waals surface area contributed by atoms with E-state index in [-0.39, 0.29) is 17.9 Å². The molecule has 8 nitrogen and oxygen atoms in total. The summed E-state index contributed by atoms with van der Waals surface area (Å²) in [7, 11) is 0. The van der Waals surface area contributed by atoms with Gasteiger partial charge in [-0.3, -0.25) is 9.69 Å². The average Bonchev–Trinajstić information content (AvgIpc) is 2.90. The molecule has 1 fully saturated rings. The molecule has 8 heteroatoms. The molecule has 0 radical (unpaired) electrons. The van der Waals surface area contributed by atoms with Crippen LogP contribution in [0.5, 0.6) is 0 Å². The number of aliphatic hydroxyl groups is 1. The van der Waals surface area contributed by atoms with E-state index >= 15 is 0 Å². The molecule has 1 unspecified atom stereocenters. The highest BCUT2D eigenvalue weighted by Crippen LogP contribution is 2.36. The second kappa shape index (κ2) is 12.1. The van der Waals surface area contributed by atoms with Gasteiger partial charge in [0.2, 0.25) is 5.91 Å². The Morgan fingerprint density at radius 1 is 1.13 bits per heavy atom. The fourth-order valence-corrected chi connectivity index (χ4v) is 3.31. The Morgan fingerprint density at radius 3 is 2.00 bits per heavy atom. The second-order valence-corrected chi connectivity index (χ2v) is 9.84. The van der Waals surface area contributed by atoms with Crippen molar-refractivity contribution in [2.45, 2.75) is 111 Å². The highest BCUT2D eigenvalue weighted by molar-refractivity contribution is 5.83. The smallest absolute Gasteiger partial charge is 0.411 e. The van der Waals surface area contributed by atoms with Crippen molar-refractivity contribution in [1.29, 1.82) is 0 Å². The summed E-state index contributed by atoms with van der Waals surface area (Å²) in [5.74, 6) is -0.808. The number of hydrogen-bond acceptors (Lipinski definition) is 6. The summed E-state index contributed by atoms with van der Waals surface area (Å²) in [5.41, 5.74) is 3.15. The third-order valence-electron chi connectivity index (χ3n) is 4.39. The van der Waals surface area contributed by atoms with Crippen molar-refractivity contribution in [2.24, 2.45) is 11.7 Å². The average molecular weight is 443 g/mol. The molecule has 0 aliphatic carbocycles. The van der Waals surface area contributed by atoms with Gasteiger partial charge in [-0.1, -0.05) is 19.1 Å². The number of nitrogens with zero attached hydrogens (tertiary/aromatic N) is 1. The molecule has 1 aliphatic rings. The summed E-state index contributed by atoms with van der Waals surface area (Å²) in [5, 5.41) is 10.2. The van der Waals surface area contributed by atoms with Gasteiger partial charge in [0, 0.05) is 18.9 Å². The summed E-state index contributed by atoms with van der Waals surface area (Å²) >= 11 is 0. The van der Waals surface area contributed by atoms with Crippen molar-refractivity contribution in [2.75, 3.05) is 0 Å². The number of nitrogens with two attached hydrogens (primary N) is 1. The first-order valence-electron chi connectivity index (χ1n) is 10.8. The molecule has 3 N–H and O–H groups in total. The molecule has 1 saturated heterocycles. The Hall–Kier alpha value is -2.09. The largest absolute Gasteiger partial charge is 0.458 e. The number of aliphatic hydroxyl groups excluding tert-OH is 1. The van der Waals surface area contributed by atoms with Gasteiger partial charge in [-0.15, -0.1) is 0 Å². The quantitative estimate of drug-likeness (QED) is 0.496. The number of rotatable bonds is 5. The third-order valence-corrected chi connectivity index (χ3v) is 4.39. The first-order valence-corrected chi connectivity index (χ1v) is 10.8. The van der Waals surface area contributed by atoms with Crippen molar-refractivity contribution < 1.29 is 29.0 Å². The maximum atomic E-state index is 13.0. The van der Waals surface area contributed by atoms with Gasteiger partial charge in [-0.05, 0) is 67.7 Å². The van der Waals surface area contributed by atoms with Crippen LogP contribution in [-0.4, -0.2) is 57.4 Å². The van der Waals surface area contributed by atoms with Crippen molar-refractivity contribution in [1.82, 2.24) is 4.90 Å². The van der Waals surface area contributed by atoms with Gasteiger partial charge in [-0.2, -0.15) is 0 Å². The summed E-state index contributed by atoms with van der Waals surface area (Å²) in [6.07, 6.45) is 4.25. The van der Waals surface area contributed by atoms with E-state index in [1.54, 1.807) is 41.5 Å². The van der Waals surface area contributed by atoms with Crippen LogP contribution in [0.3, 0.4) is 0 Å². The Kier molecular flexibility index (Phi) is 11.3. The van der Waals surface area contributed by atoms with Crippen LogP contribution in [0.1, 0.15) is 81.6 Å². The number of likely N-dealkylation sites (tertiary alicyclic amines) is 1. The maximum Gasteiger partial charge on any atom is 0.411 e. The minimum Gasteiger partial charge on any atom is -0.458 e. The van der Waals surface area contributed by atoms with Crippen molar-refractivity contribution in [3.8, 4) is 0 Å². The fourth-order valence-electron chi connectivity index (χ4n) is 3.31. The molecule has 0 aromatic carbocycles. The van der Waals surface area contributed by atoms with Gasteiger partial charge < -0.3 is 20.3 Å². The lowest BCUT2D eigenvalue weighted by Crippen LogP contribution is -2.50. The standard InChI is InChI=1S/C21H37NO5.C2H5NO/c1-9-11-14-12-17(18(24)26-20(3,4)5)22(16(14)13-15(23)10-2)19(25)27-21(6,7)8;1-2(3)4/h9,11,14-17,23H,10,12-13H2,1-8H3;1H3,(H2,3,4)/t14-,15?,16-,17+;/m1./s1. The van der Waals surface area contributed by atoms with E-state index in [0.717, 1.165) is 0 Å². The lowest BCUT2D eigenvalue weighted by Gasteiger charge is -2.34. The third kappa shape index (κ3) is 11.2. The van der Waals surface area contributed by atoms with Crippen molar-refractivity contribution in [3.05, 3.63) is 12.2 Å². The lowest BCUT2D eigenvalue weighted by molar-refractivity contribution is -0.160. The number of esters is 1. The molecule has 0 aromatic heterocycles. The van der Waals surface area contributed by atoms with E-state index < -0.39 is 35.4 Å². The van der Waals surface area contributed by atoms with Gasteiger partial charge in [0.05, 0.1) is 6.10 Å². The zero-order chi connectivity index (χ0) is 24.6. The molecule has 1 rings (SSSR count). The minimum absolute atomic E-state index is 0.0405. The number of carbonyl (C=O) groups is 3. The van der Waals surface area contributed by atoms with Crippen LogP contribution in [-0.2, 0) is 19.1 Å². The van der Waals surface area contributed by atoms with E-state index in [4.69, 9.17) is 9.47 Å². The van der Waals surface area contributed by atoms with E-state index in [1.807, 2.05) is 26.0 Å². The highest BCUT2D eigenvalue weighted by Gasteiger charge is 2.49. The number of allylic oxidation sites excluding steroid dienone is 1. The SMILES string of the molecule is CC(N)=O.CC=C[C@@H]1C[C@@H](C(=O)OC(C)(C)C)N(C(=O)OC(C)(C)C)[C@@H]1CC(O)CC. The molecule has 0 aromatic rings. The molecule has 4 atom stereocenters. The Labute approximate surface area is 187 Å². The number of primary amides is 1. The molecule has 2 amide bonds. The normalized spacial score (nSPS) is 22.5. The van der Waals surface area contributed by atoms with Gasteiger partial charge in [0.15, 0.2) is 0 Å². The summed E-state index contributed by atoms with van der Waals surface area (Å²) < 4.78 is 11.1. The van der Waals surface area contributed by atoms with Gasteiger partial charge in [-0.25, -0.2) is 9.59 Å². The monoisotopic (exact) mass is 442 g/mol. The molecule has 1 aliphatic heterocycles. The Morgan fingerprint density at radius 2 is 1.61 bits per heavy atom. The lowest BCUT2D eigenvalue weighted by atomic mass is 9.93. The molecular weight excluding hydrogens is 400 g/mol. The molecule has 0 spiro atoms. The van der Waals surface area contributed by atoms with E-state index in [2.05, 4.69) is 5.73 Å². The summed E-state index contributed by atoms with van der Waals surface area (Å²) in [6, 6.07) is -1.04. The number of amides is 2. The topological polar surface area (TPSA) is 119 Å². The van der Waals surface area contributed by atoms with Crippen LogP contribution in [0.15, 0.2) is 12.2 Å². The molecule has 180 valence electrons. The number of hydrogen-bond donors (Lipinski definition) is 2. The molecule has 31 heavy (non-hydrogen) atoms. The zero-order valence-electron chi connectivity index (χ0n) is 20.6. The maximum absolute atomic E-state index is 13.0. The van der Waals surface area contributed by atoms with E-state index in [0.29, 0.717) is 19.3 Å². The van der Waals surface area contributed by atoms with E-state index in [1.165, 1.54) is 11.8 Å². The zero-order valence-corrected chi connectivity index (χ0v) is 20.6. The van der Waals surface area contributed by atoms with Crippen LogP contribution in [0.4, 0.5) is 4.79 Å². The van der Waals surface area contributed by atoms with Crippen molar-refractivity contribution in [3.63, 3.8) is 0 Å². The predicted molar refractivity (Wildman–Crippen MR) is 120 cm³/mol. The predicted octanol–water partition coefficient (Wildman–Crippen LogP) is 3.55. The van der Waals surface area contributed by atoms with Crippen molar-refractivity contribution >= 4 is 18.0 Å². The van der Waals surface area contributed by atoms with Crippen LogP contribution < -0.4 is 5.73 Å². The summed E-state index contributed by atoms with van der Waals surface area (Å²) in [4.78, 5) is 36.5. The summed E-state index contributed by atoms with van der Waals surface area (Å²) in [6.45, 7) is 15.9. The first kappa shape index (κ1) is 28.9. The fraction of sp³-hybridized carbons (Fsp3) is 0.783. The number of ether oxygens (including phenoxy) is 2. The van der Waals surface area contributed by atoms with E-state index in [9.17, 15) is 19.5 Å². The Bertz CT molecular complexity index is 629. The Balaban J connectivity index is 0.00000206. The van der Waals surface area contributed by atoms with Crippen LogP contribution in [0.2, 0.25) is 0 Å². The van der Waals surface area contributed by atoms with Crippen LogP contribution in [0.25, 0.3) is 0 Å². The molecule has 1 heterocycles. The van der Waals surface area contributed by atoms with Crippen LogP contribution >= 0.6 is 0 Å². The highest BCUT2D eigenvalue weighted by atomic mass is 16.6.